The van der Waals surface area contributed by atoms with E-state index in [-0.39, 0.29) is 11.5 Å². The maximum Gasteiger partial charge on any atom is 0.189 e. The van der Waals surface area contributed by atoms with Crippen LogP contribution in [0.1, 0.15) is 35.3 Å². The van der Waals surface area contributed by atoms with Gasteiger partial charge in [-0.25, -0.2) is 0 Å². The van der Waals surface area contributed by atoms with Gasteiger partial charge in [-0.3, -0.25) is 4.79 Å². The third-order valence-electron chi connectivity index (χ3n) is 4.49. The van der Waals surface area contributed by atoms with E-state index in [9.17, 15) is 9.90 Å². The molecule has 31 heavy (non-hydrogen) atoms. The summed E-state index contributed by atoms with van der Waals surface area (Å²) in [5.41, 5.74) is 1.94. The second-order valence-electron chi connectivity index (χ2n) is 6.72. The molecule has 0 saturated heterocycles. The fraction of sp³-hybridized carbons (Fsp3) is 0.192. The lowest BCUT2D eigenvalue weighted by Crippen LogP contribution is -2.03. The lowest BCUT2D eigenvalue weighted by molar-refractivity contribution is 0.104. The highest BCUT2D eigenvalue weighted by molar-refractivity contribution is 6.08. The van der Waals surface area contributed by atoms with Crippen molar-refractivity contribution >= 4 is 11.9 Å². The van der Waals surface area contributed by atoms with Crippen molar-refractivity contribution in [2.75, 3.05) is 13.2 Å². The van der Waals surface area contributed by atoms with Crippen LogP contribution in [0.2, 0.25) is 0 Å². The Hall–Kier alpha value is -3.73. The zero-order chi connectivity index (χ0) is 22.1. The maximum atomic E-state index is 12.9. The summed E-state index contributed by atoms with van der Waals surface area (Å²) in [5, 5.41) is 10.2. The number of ether oxygens (including phenoxy) is 3. The number of rotatable bonds is 10. The minimum absolute atomic E-state index is 0.0437. The number of benzene rings is 3. The predicted molar refractivity (Wildman–Crippen MR) is 121 cm³/mol. The molecule has 0 fully saturated rings. The molecule has 0 radical (unpaired) electrons. The number of allylic oxidation sites excluding steroid dienone is 1. The molecule has 1 N–H and O–H groups in total. The average Bonchev–Trinajstić information content (AvgIpc) is 2.78. The standard InChI is InChI=1S/C26H26O5/c1-3-29-21-12-10-20(25(28)16-21)11-15-24(27)23-14-13-22(30-4-2)17-26(23)31-18-19-8-6-5-7-9-19/h5-17,28H,3-4,18H2,1-2H3. The first-order valence-corrected chi connectivity index (χ1v) is 10.2. The van der Waals surface area contributed by atoms with Crippen molar-refractivity contribution in [1.29, 1.82) is 0 Å². The molecule has 0 aromatic heterocycles. The van der Waals surface area contributed by atoms with Crippen LogP contribution in [0.5, 0.6) is 23.0 Å². The van der Waals surface area contributed by atoms with Crippen LogP contribution in [-0.4, -0.2) is 24.1 Å². The molecule has 0 bridgehead atoms. The second kappa shape index (κ2) is 10.9. The predicted octanol–water partition coefficient (Wildman–Crippen LogP) is 5.66. The highest BCUT2D eigenvalue weighted by atomic mass is 16.5. The molecule has 3 aromatic carbocycles. The number of phenolic OH excluding ortho intramolecular Hbond substituents is 1. The van der Waals surface area contributed by atoms with Gasteiger partial charge in [0, 0.05) is 17.7 Å². The Morgan fingerprint density at radius 1 is 0.871 bits per heavy atom. The Kier molecular flexibility index (Phi) is 7.71. The van der Waals surface area contributed by atoms with E-state index in [2.05, 4.69) is 0 Å². The number of aromatic hydroxyl groups is 1. The van der Waals surface area contributed by atoms with Crippen molar-refractivity contribution in [2.24, 2.45) is 0 Å². The fourth-order valence-electron chi connectivity index (χ4n) is 2.99. The first kappa shape index (κ1) is 22.0. The van der Waals surface area contributed by atoms with Crippen molar-refractivity contribution < 1.29 is 24.1 Å². The number of hydrogen-bond acceptors (Lipinski definition) is 5. The van der Waals surface area contributed by atoms with E-state index >= 15 is 0 Å². The van der Waals surface area contributed by atoms with Crippen molar-refractivity contribution in [3.63, 3.8) is 0 Å². The molecule has 0 unspecified atom stereocenters. The van der Waals surface area contributed by atoms with Crippen LogP contribution < -0.4 is 14.2 Å². The SMILES string of the molecule is CCOc1ccc(C=CC(=O)c2ccc(OCC)cc2OCc2ccccc2)c(O)c1. The quantitative estimate of drug-likeness (QED) is 0.340. The Morgan fingerprint density at radius 2 is 1.55 bits per heavy atom. The van der Waals surface area contributed by atoms with Gasteiger partial charge < -0.3 is 19.3 Å². The van der Waals surface area contributed by atoms with Gasteiger partial charge in [-0.2, -0.15) is 0 Å². The summed E-state index contributed by atoms with van der Waals surface area (Å²) >= 11 is 0. The molecule has 3 aromatic rings. The summed E-state index contributed by atoms with van der Waals surface area (Å²) in [5.74, 6) is 1.46. The average molecular weight is 418 g/mol. The third-order valence-corrected chi connectivity index (χ3v) is 4.49. The highest BCUT2D eigenvalue weighted by Crippen LogP contribution is 2.28. The molecule has 0 spiro atoms. The lowest BCUT2D eigenvalue weighted by atomic mass is 10.1. The normalized spacial score (nSPS) is 10.8. The summed E-state index contributed by atoms with van der Waals surface area (Å²) in [4.78, 5) is 12.9. The summed E-state index contributed by atoms with van der Waals surface area (Å²) in [6, 6.07) is 19.9. The van der Waals surface area contributed by atoms with Crippen LogP contribution in [0.25, 0.3) is 6.08 Å². The molecule has 0 amide bonds. The lowest BCUT2D eigenvalue weighted by Gasteiger charge is -2.12. The molecular formula is C26H26O5. The van der Waals surface area contributed by atoms with Gasteiger partial charge in [0.1, 0.15) is 29.6 Å². The monoisotopic (exact) mass is 418 g/mol. The molecule has 0 atom stereocenters. The summed E-state index contributed by atoms with van der Waals surface area (Å²) in [6.07, 6.45) is 2.99. The van der Waals surface area contributed by atoms with Crippen LogP contribution in [0.4, 0.5) is 0 Å². The molecule has 3 rings (SSSR count). The Labute approximate surface area is 182 Å². The van der Waals surface area contributed by atoms with E-state index in [1.165, 1.54) is 12.1 Å². The van der Waals surface area contributed by atoms with Crippen LogP contribution in [-0.2, 0) is 6.61 Å². The number of carbonyl (C=O) groups is 1. The van der Waals surface area contributed by atoms with Gasteiger partial charge in [-0.1, -0.05) is 30.3 Å². The first-order chi connectivity index (χ1) is 15.1. The molecule has 5 nitrogen and oxygen atoms in total. The van der Waals surface area contributed by atoms with Crippen LogP contribution >= 0.6 is 0 Å². The van der Waals surface area contributed by atoms with E-state index < -0.39 is 0 Å². The third kappa shape index (κ3) is 6.12. The first-order valence-electron chi connectivity index (χ1n) is 10.2. The minimum Gasteiger partial charge on any atom is -0.507 e. The Bertz CT molecular complexity index is 1040. The minimum atomic E-state index is -0.237. The number of carbonyl (C=O) groups excluding carboxylic acids is 1. The van der Waals surface area contributed by atoms with E-state index in [0.717, 1.165) is 5.56 Å². The van der Waals surface area contributed by atoms with Gasteiger partial charge in [0.15, 0.2) is 5.78 Å². The van der Waals surface area contributed by atoms with Crippen molar-refractivity contribution in [2.45, 2.75) is 20.5 Å². The van der Waals surface area contributed by atoms with Gasteiger partial charge in [0.2, 0.25) is 0 Å². The number of ketones is 1. The topological polar surface area (TPSA) is 65.0 Å². The number of phenols is 1. The van der Waals surface area contributed by atoms with E-state index in [4.69, 9.17) is 14.2 Å². The Morgan fingerprint density at radius 3 is 2.23 bits per heavy atom. The molecule has 5 heteroatoms. The Balaban J connectivity index is 1.81. The van der Waals surface area contributed by atoms with Crippen molar-refractivity contribution in [3.05, 3.63) is 89.5 Å². The molecule has 0 saturated carbocycles. The van der Waals surface area contributed by atoms with E-state index in [1.807, 2.05) is 44.2 Å². The molecule has 0 aliphatic carbocycles. The number of hydrogen-bond donors (Lipinski definition) is 1. The molecule has 160 valence electrons. The smallest absolute Gasteiger partial charge is 0.189 e. The van der Waals surface area contributed by atoms with E-state index in [1.54, 1.807) is 36.4 Å². The van der Waals surface area contributed by atoms with Crippen LogP contribution in [0.3, 0.4) is 0 Å². The fourth-order valence-corrected chi connectivity index (χ4v) is 2.99. The second-order valence-corrected chi connectivity index (χ2v) is 6.72. The van der Waals surface area contributed by atoms with Gasteiger partial charge in [-0.15, -0.1) is 0 Å². The molecule has 0 aliphatic heterocycles. The van der Waals surface area contributed by atoms with Gasteiger partial charge in [0.05, 0.1) is 18.8 Å². The van der Waals surface area contributed by atoms with Gasteiger partial charge in [-0.05, 0) is 55.8 Å². The summed E-state index contributed by atoms with van der Waals surface area (Å²) < 4.78 is 16.9. The largest absolute Gasteiger partial charge is 0.507 e. The highest BCUT2D eigenvalue weighted by Gasteiger charge is 2.13. The van der Waals surface area contributed by atoms with E-state index in [0.29, 0.717) is 48.2 Å². The summed E-state index contributed by atoms with van der Waals surface area (Å²) in [6.45, 7) is 5.13. The maximum absolute atomic E-state index is 12.9. The van der Waals surface area contributed by atoms with Crippen molar-refractivity contribution in [3.8, 4) is 23.0 Å². The van der Waals surface area contributed by atoms with Crippen molar-refractivity contribution in [1.82, 2.24) is 0 Å². The van der Waals surface area contributed by atoms with Crippen LogP contribution in [0.15, 0.2) is 72.8 Å². The van der Waals surface area contributed by atoms with Crippen LogP contribution in [0, 0.1) is 0 Å². The van der Waals surface area contributed by atoms with Gasteiger partial charge >= 0.3 is 0 Å². The zero-order valence-corrected chi connectivity index (χ0v) is 17.7. The molecule has 0 aliphatic rings. The van der Waals surface area contributed by atoms with Gasteiger partial charge in [0.25, 0.3) is 0 Å². The molecule has 0 heterocycles. The summed E-state index contributed by atoms with van der Waals surface area (Å²) in [7, 11) is 0. The molecular weight excluding hydrogens is 392 g/mol. The zero-order valence-electron chi connectivity index (χ0n) is 17.7.